The standard InChI is InChI=1S/C10H11BrN2S/c1-6(12-2)10-13-8-5-7(11)3-4-9(8)14-10/h3-6,12H,1-2H3. The molecule has 1 unspecified atom stereocenters. The third kappa shape index (κ3) is 1.82. The predicted molar refractivity (Wildman–Crippen MR) is 64.8 cm³/mol. The summed E-state index contributed by atoms with van der Waals surface area (Å²) in [6.45, 7) is 2.12. The fourth-order valence-electron chi connectivity index (χ4n) is 1.23. The van der Waals surface area contributed by atoms with E-state index in [-0.39, 0.29) is 0 Å². The van der Waals surface area contributed by atoms with E-state index in [1.807, 2.05) is 13.1 Å². The van der Waals surface area contributed by atoms with Gasteiger partial charge in [0.15, 0.2) is 0 Å². The van der Waals surface area contributed by atoms with E-state index in [1.54, 1.807) is 11.3 Å². The molecule has 2 rings (SSSR count). The molecule has 0 aliphatic heterocycles. The zero-order valence-corrected chi connectivity index (χ0v) is 10.4. The van der Waals surface area contributed by atoms with Crippen molar-refractivity contribution in [2.75, 3.05) is 7.05 Å². The van der Waals surface area contributed by atoms with Gasteiger partial charge in [-0.1, -0.05) is 15.9 Å². The number of fused-ring (bicyclic) bond motifs is 1. The first kappa shape index (κ1) is 10.1. The number of nitrogens with one attached hydrogen (secondary N) is 1. The van der Waals surface area contributed by atoms with E-state index in [0.29, 0.717) is 6.04 Å². The highest BCUT2D eigenvalue weighted by Gasteiger charge is 2.09. The largest absolute Gasteiger partial charge is 0.311 e. The van der Waals surface area contributed by atoms with Crippen molar-refractivity contribution >= 4 is 37.5 Å². The number of halogens is 1. The second-order valence-electron chi connectivity index (χ2n) is 3.17. The van der Waals surface area contributed by atoms with E-state index >= 15 is 0 Å². The number of thiazole rings is 1. The molecule has 1 N–H and O–H groups in total. The van der Waals surface area contributed by atoms with Crippen molar-refractivity contribution in [2.24, 2.45) is 0 Å². The van der Waals surface area contributed by atoms with Crippen molar-refractivity contribution in [3.63, 3.8) is 0 Å². The van der Waals surface area contributed by atoms with Gasteiger partial charge < -0.3 is 5.32 Å². The maximum absolute atomic E-state index is 4.57. The summed E-state index contributed by atoms with van der Waals surface area (Å²) in [5, 5.41) is 4.33. The van der Waals surface area contributed by atoms with Crippen LogP contribution in [0, 0.1) is 0 Å². The topological polar surface area (TPSA) is 24.9 Å². The summed E-state index contributed by atoms with van der Waals surface area (Å²) in [7, 11) is 1.95. The molecular weight excluding hydrogens is 260 g/mol. The molecule has 1 atom stereocenters. The number of aromatic nitrogens is 1. The third-order valence-corrected chi connectivity index (χ3v) is 3.88. The van der Waals surface area contributed by atoms with Crippen LogP contribution >= 0.6 is 27.3 Å². The Bertz CT molecular complexity index is 452. The van der Waals surface area contributed by atoms with E-state index in [1.165, 1.54) is 4.70 Å². The van der Waals surface area contributed by atoms with Crippen LogP contribution in [0.15, 0.2) is 22.7 Å². The molecule has 0 radical (unpaired) electrons. The molecular formula is C10H11BrN2S. The third-order valence-electron chi connectivity index (χ3n) is 2.17. The Balaban J connectivity index is 2.51. The van der Waals surface area contributed by atoms with Crippen molar-refractivity contribution in [1.82, 2.24) is 10.3 Å². The molecule has 0 spiro atoms. The summed E-state index contributed by atoms with van der Waals surface area (Å²) in [5.41, 5.74) is 1.07. The molecule has 0 aliphatic rings. The van der Waals surface area contributed by atoms with Crippen LogP contribution in [0.5, 0.6) is 0 Å². The van der Waals surface area contributed by atoms with E-state index in [0.717, 1.165) is 15.0 Å². The van der Waals surface area contributed by atoms with Gasteiger partial charge in [0.2, 0.25) is 0 Å². The van der Waals surface area contributed by atoms with Gasteiger partial charge in [-0.05, 0) is 32.2 Å². The van der Waals surface area contributed by atoms with Crippen LogP contribution in [0.3, 0.4) is 0 Å². The van der Waals surface area contributed by atoms with Crippen molar-refractivity contribution in [2.45, 2.75) is 13.0 Å². The minimum Gasteiger partial charge on any atom is -0.311 e. The molecule has 4 heteroatoms. The van der Waals surface area contributed by atoms with E-state index < -0.39 is 0 Å². The van der Waals surface area contributed by atoms with Crippen molar-refractivity contribution < 1.29 is 0 Å². The Morgan fingerprint density at radius 2 is 2.29 bits per heavy atom. The van der Waals surface area contributed by atoms with Crippen molar-refractivity contribution in [1.29, 1.82) is 0 Å². The number of nitrogens with zero attached hydrogens (tertiary/aromatic N) is 1. The summed E-state index contributed by atoms with van der Waals surface area (Å²) in [4.78, 5) is 4.57. The zero-order valence-electron chi connectivity index (χ0n) is 8.04. The lowest BCUT2D eigenvalue weighted by atomic mass is 10.3. The average molecular weight is 271 g/mol. The molecule has 0 aliphatic carbocycles. The summed E-state index contributed by atoms with van der Waals surface area (Å²) in [5.74, 6) is 0. The summed E-state index contributed by atoms with van der Waals surface area (Å²) in [6, 6.07) is 6.53. The van der Waals surface area contributed by atoms with E-state index in [2.05, 4.69) is 45.3 Å². The van der Waals surface area contributed by atoms with Crippen LogP contribution < -0.4 is 5.32 Å². The van der Waals surface area contributed by atoms with E-state index in [9.17, 15) is 0 Å². The van der Waals surface area contributed by atoms with Gasteiger partial charge in [-0.3, -0.25) is 0 Å². The molecule has 0 bridgehead atoms. The predicted octanol–water partition coefficient (Wildman–Crippen LogP) is 3.34. The summed E-state index contributed by atoms with van der Waals surface area (Å²) in [6.07, 6.45) is 0. The average Bonchev–Trinajstić information content (AvgIpc) is 2.59. The Hall–Kier alpha value is -0.450. The Morgan fingerprint density at radius 1 is 1.50 bits per heavy atom. The van der Waals surface area contributed by atoms with Crippen molar-refractivity contribution in [3.05, 3.63) is 27.7 Å². The highest BCUT2D eigenvalue weighted by atomic mass is 79.9. The first-order chi connectivity index (χ1) is 6.70. The molecule has 1 aromatic carbocycles. The van der Waals surface area contributed by atoms with Gasteiger partial charge in [0.1, 0.15) is 5.01 Å². The quantitative estimate of drug-likeness (QED) is 0.906. The molecule has 14 heavy (non-hydrogen) atoms. The highest BCUT2D eigenvalue weighted by molar-refractivity contribution is 9.10. The van der Waals surface area contributed by atoms with Gasteiger partial charge >= 0.3 is 0 Å². The second kappa shape index (κ2) is 3.96. The lowest BCUT2D eigenvalue weighted by Gasteiger charge is -2.03. The smallest absolute Gasteiger partial charge is 0.111 e. The maximum Gasteiger partial charge on any atom is 0.111 e. The van der Waals surface area contributed by atoms with E-state index in [4.69, 9.17) is 0 Å². The number of hydrogen-bond acceptors (Lipinski definition) is 3. The van der Waals surface area contributed by atoms with Gasteiger partial charge in [0.05, 0.1) is 16.3 Å². The van der Waals surface area contributed by atoms with Gasteiger partial charge in [-0.15, -0.1) is 11.3 Å². The molecule has 0 saturated carbocycles. The molecule has 0 saturated heterocycles. The lowest BCUT2D eigenvalue weighted by molar-refractivity contribution is 0.649. The summed E-state index contributed by atoms with van der Waals surface area (Å²) >= 11 is 5.19. The SMILES string of the molecule is CNC(C)c1nc2cc(Br)ccc2s1. The highest BCUT2D eigenvalue weighted by Crippen LogP contribution is 2.28. The molecule has 0 amide bonds. The Morgan fingerprint density at radius 3 is 3.00 bits per heavy atom. The molecule has 2 nitrogen and oxygen atoms in total. The van der Waals surface area contributed by atoms with Crippen molar-refractivity contribution in [3.8, 4) is 0 Å². The molecule has 1 aromatic heterocycles. The first-order valence-corrected chi connectivity index (χ1v) is 6.05. The molecule has 74 valence electrons. The normalized spacial score (nSPS) is 13.4. The number of hydrogen-bond donors (Lipinski definition) is 1. The maximum atomic E-state index is 4.57. The Labute approximate surface area is 95.5 Å². The Kier molecular flexibility index (Phi) is 2.85. The van der Waals surface area contributed by atoms with Crippen LogP contribution in [0.1, 0.15) is 18.0 Å². The minimum atomic E-state index is 0.325. The fourth-order valence-corrected chi connectivity index (χ4v) is 2.59. The monoisotopic (exact) mass is 270 g/mol. The minimum absolute atomic E-state index is 0.325. The summed E-state index contributed by atoms with van der Waals surface area (Å²) < 4.78 is 2.32. The van der Waals surface area contributed by atoms with Crippen LogP contribution in [-0.4, -0.2) is 12.0 Å². The second-order valence-corrected chi connectivity index (χ2v) is 5.15. The molecule has 0 fully saturated rings. The van der Waals surface area contributed by atoms with Gasteiger partial charge in [-0.2, -0.15) is 0 Å². The van der Waals surface area contributed by atoms with Crippen LogP contribution in [0.2, 0.25) is 0 Å². The van der Waals surface area contributed by atoms with Gasteiger partial charge in [0, 0.05) is 4.47 Å². The van der Waals surface area contributed by atoms with Crippen LogP contribution in [0.4, 0.5) is 0 Å². The fraction of sp³-hybridized carbons (Fsp3) is 0.300. The van der Waals surface area contributed by atoms with Crippen LogP contribution in [-0.2, 0) is 0 Å². The molecule has 2 aromatic rings. The lowest BCUT2D eigenvalue weighted by Crippen LogP contribution is -2.11. The molecule has 1 heterocycles. The van der Waals surface area contributed by atoms with Gasteiger partial charge in [0.25, 0.3) is 0 Å². The number of benzene rings is 1. The zero-order chi connectivity index (χ0) is 10.1. The number of rotatable bonds is 2. The van der Waals surface area contributed by atoms with Crippen LogP contribution in [0.25, 0.3) is 10.2 Å². The first-order valence-electron chi connectivity index (χ1n) is 4.44. The van der Waals surface area contributed by atoms with Gasteiger partial charge in [-0.25, -0.2) is 4.98 Å².